The van der Waals surface area contributed by atoms with E-state index in [4.69, 9.17) is 9.47 Å². The van der Waals surface area contributed by atoms with E-state index in [1.54, 1.807) is 6.61 Å². The molecule has 5 nitrogen and oxygen atoms in total. The van der Waals surface area contributed by atoms with Crippen LogP contribution in [-0.4, -0.2) is 32.8 Å². The molecule has 0 bridgehead atoms. The molecule has 1 heterocycles. The van der Waals surface area contributed by atoms with Gasteiger partial charge in [0.1, 0.15) is 0 Å². The number of hydrogen-bond acceptors (Lipinski definition) is 5. The molecule has 1 aliphatic heterocycles. The Morgan fingerprint density at radius 1 is 1.67 bits per heavy atom. The van der Waals surface area contributed by atoms with E-state index in [9.17, 15) is 4.79 Å². The van der Waals surface area contributed by atoms with Crippen molar-refractivity contribution in [3.05, 3.63) is 6.61 Å². The fourth-order valence-electron chi connectivity index (χ4n) is 0.447. The van der Waals surface area contributed by atoms with Crippen LogP contribution in [0.4, 0.5) is 4.79 Å². The van der Waals surface area contributed by atoms with Crippen LogP contribution >= 0.6 is 0 Å². The maximum atomic E-state index is 10.3. The van der Waals surface area contributed by atoms with Crippen LogP contribution in [0.5, 0.6) is 0 Å². The summed E-state index contributed by atoms with van der Waals surface area (Å²) >= 11 is 0. The summed E-state index contributed by atoms with van der Waals surface area (Å²) in [5.41, 5.74) is 0. The van der Waals surface area contributed by atoms with E-state index in [-0.39, 0.29) is 34.0 Å². The molecule has 1 fully saturated rings. The van der Waals surface area contributed by atoms with Gasteiger partial charge in [-0.25, -0.2) is 4.79 Å². The molecule has 0 aromatic heterocycles. The molecule has 6 heteroatoms. The molecule has 0 aliphatic carbocycles. The predicted molar refractivity (Wildman–Crippen MR) is 33.5 cm³/mol. The smallest absolute Gasteiger partial charge is 0.510 e. The summed E-state index contributed by atoms with van der Waals surface area (Å²) in [6, 6.07) is 0. The minimum Gasteiger partial charge on any atom is -0.568 e. The normalized spacial score (nSPS) is 19.2. The van der Waals surface area contributed by atoms with Crippen molar-refractivity contribution in [1.29, 1.82) is 0 Å². The minimum absolute atomic E-state index is 0. The second-order valence-corrected chi connectivity index (χ2v) is 1.90. The number of epoxide rings is 1. The van der Waals surface area contributed by atoms with Crippen LogP contribution in [0, 0.1) is 6.61 Å². The molecule has 1 aliphatic rings. The Hall–Kier alpha value is -0.122. The SMILES string of the molecule is COC(=O)OCOCC1[CH-]O1.[W]. The zero-order chi connectivity index (χ0) is 8.10. The second kappa shape index (κ2) is 6.40. The van der Waals surface area contributed by atoms with E-state index in [0.717, 1.165) is 0 Å². The maximum Gasteiger partial charge on any atom is 0.510 e. The fourth-order valence-corrected chi connectivity index (χ4v) is 0.447. The van der Waals surface area contributed by atoms with E-state index < -0.39 is 6.16 Å². The van der Waals surface area contributed by atoms with Gasteiger partial charge in [0.05, 0.1) is 7.11 Å². The first-order chi connectivity index (χ1) is 5.33. The summed E-state index contributed by atoms with van der Waals surface area (Å²) in [5, 5.41) is 0. The van der Waals surface area contributed by atoms with Crippen molar-refractivity contribution in [2.24, 2.45) is 0 Å². The van der Waals surface area contributed by atoms with Gasteiger partial charge in [-0.05, 0) is 0 Å². The monoisotopic (exact) mass is 345 g/mol. The van der Waals surface area contributed by atoms with Gasteiger partial charge in [-0.3, -0.25) is 0 Å². The third-order valence-electron chi connectivity index (χ3n) is 1.04. The average molecular weight is 345 g/mol. The molecule has 0 spiro atoms. The number of methoxy groups -OCH3 is 1. The third-order valence-corrected chi connectivity index (χ3v) is 1.04. The minimum atomic E-state index is -0.745. The first kappa shape index (κ1) is 11.9. The van der Waals surface area contributed by atoms with E-state index in [1.807, 2.05) is 0 Å². The first-order valence-electron chi connectivity index (χ1n) is 3.10. The summed E-state index contributed by atoms with van der Waals surface area (Å²) in [6.07, 6.45) is -0.679. The zero-order valence-corrected chi connectivity index (χ0v) is 9.45. The summed E-state index contributed by atoms with van der Waals surface area (Å²) in [4.78, 5) is 10.3. The number of carbonyl (C=O) groups is 1. The van der Waals surface area contributed by atoms with Gasteiger partial charge >= 0.3 is 6.16 Å². The van der Waals surface area contributed by atoms with E-state index in [2.05, 4.69) is 9.47 Å². The molecule has 0 N–H and O–H groups in total. The van der Waals surface area contributed by atoms with Crippen molar-refractivity contribution in [3.63, 3.8) is 0 Å². The molecule has 0 amide bonds. The Morgan fingerprint density at radius 2 is 2.33 bits per heavy atom. The van der Waals surface area contributed by atoms with Crippen LogP contribution in [0.1, 0.15) is 0 Å². The van der Waals surface area contributed by atoms with Gasteiger partial charge in [-0.15, -0.1) is 0 Å². The molecule has 1 saturated heterocycles. The van der Waals surface area contributed by atoms with Crippen LogP contribution in [0.2, 0.25) is 0 Å². The van der Waals surface area contributed by atoms with Gasteiger partial charge in [0.2, 0.25) is 0 Å². The Morgan fingerprint density at radius 3 is 2.83 bits per heavy atom. The summed E-state index contributed by atoms with van der Waals surface area (Å²) in [5.74, 6) is 0. The molecule has 1 atom stereocenters. The average Bonchev–Trinajstić information content (AvgIpc) is 2.81. The molecule has 0 aromatic rings. The topological polar surface area (TPSA) is 57.3 Å². The van der Waals surface area contributed by atoms with Crippen molar-refractivity contribution < 1.29 is 44.8 Å². The number of rotatable bonds is 4. The molecule has 0 aromatic carbocycles. The van der Waals surface area contributed by atoms with Crippen LogP contribution in [0.3, 0.4) is 0 Å². The molecule has 70 valence electrons. The van der Waals surface area contributed by atoms with Crippen molar-refractivity contribution >= 4 is 6.16 Å². The summed E-state index contributed by atoms with van der Waals surface area (Å²) < 4.78 is 18.2. The maximum absolute atomic E-state index is 10.3. The standard InChI is InChI=1S/C6H9O5.W/c1-8-6(7)11-4-9-2-5-3-10-5;/h3,5H,2,4H2,1H3;/q-1;. The number of hydrogen-bond donors (Lipinski definition) is 0. The Kier molecular flexibility index (Phi) is 6.34. The predicted octanol–water partition coefficient (Wildman–Crippen LogP) is 0.302. The number of ether oxygens (including phenoxy) is 4. The van der Waals surface area contributed by atoms with Crippen LogP contribution < -0.4 is 0 Å². The summed E-state index contributed by atoms with van der Waals surface area (Å²) in [6.45, 7) is 1.95. The molecular weight excluding hydrogens is 336 g/mol. The van der Waals surface area contributed by atoms with Gasteiger partial charge < -0.3 is 18.9 Å². The molecule has 12 heavy (non-hydrogen) atoms. The van der Waals surface area contributed by atoms with Crippen molar-refractivity contribution in [1.82, 2.24) is 0 Å². The zero-order valence-electron chi connectivity index (χ0n) is 6.52. The van der Waals surface area contributed by atoms with Gasteiger partial charge in [-0.2, -0.15) is 6.61 Å². The van der Waals surface area contributed by atoms with Gasteiger partial charge in [-0.1, -0.05) is 6.10 Å². The summed E-state index contributed by atoms with van der Waals surface area (Å²) in [7, 11) is 1.24. The van der Waals surface area contributed by atoms with Crippen LogP contribution in [-0.2, 0) is 40.0 Å². The number of carbonyl (C=O) groups excluding carboxylic acids is 1. The third kappa shape index (κ3) is 5.52. The quantitative estimate of drug-likeness (QED) is 0.241. The molecule has 1 unspecified atom stereocenters. The molecule has 1 rings (SSSR count). The van der Waals surface area contributed by atoms with Crippen LogP contribution in [0.25, 0.3) is 0 Å². The Bertz CT molecular complexity index is 136. The Balaban J connectivity index is 0.00000121. The second-order valence-electron chi connectivity index (χ2n) is 1.90. The Labute approximate surface area is 84.6 Å². The van der Waals surface area contributed by atoms with Gasteiger partial charge in [0.15, 0.2) is 6.79 Å². The van der Waals surface area contributed by atoms with E-state index in [0.29, 0.717) is 6.61 Å². The fraction of sp³-hybridized carbons (Fsp3) is 0.667. The first-order valence-corrected chi connectivity index (χ1v) is 3.10. The molecule has 0 radical (unpaired) electrons. The van der Waals surface area contributed by atoms with Crippen molar-refractivity contribution in [2.45, 2.75) is 6.10 Å². The van der Waals surface area contributed by atoms with Crippen molar-refractivity contribution in [3.8, 4) is 0 Å². The molecule has 0 saturated carbocycles. The van der Waals surface area contributed by atoms with Gasteiger partial charge in [0, 0.05) is 27.7 Å². The largest absolute Gasteiger partial charge is 0.568 e. The van der Waals surface area contributed by atoms with Gasteiger partial charge in [0.25, 0.3) is 0 Å². The van der Waals surface area contributed by atoms with E-state index in [1.165, 1.54) is 7.11 Å². The van der Waals surface area contributed by atoms with E-state index >= 15 is 0 Å². The van der Waals surface area contributed by atoms with Crippen molar-refractivity contribution in [2.75, 3.05) is 20.5 Å². The van der Waals surface area contributed by atoms with Crippen LogP contribution in [0.15, 0.2) is 0 Å². The molecular formula is C6H9O5W-.